The van der Waals surface area contributed by atoms with Crippen molar-refractivity contribution in [1.82, 2.24) is 0 Å². The zero-order valence-corrected chi connectivity index (χ0v) is 7.86. The number of Topliss-reactive ketones (excluding diaryl/α,β-unsaturated/α-hetero) is 1. The zero-order chi connectivity index (χ0) is 12.5. The van der Waals surface area contributed by atoms with Crippen LogP contribution in [-0.4, -0.2) is 12.1 Å². The monoisotopic (exact) mass is 240 g/mol. The number of hydrogen-bond acceptors (Lipinski definition) is 2. The summed E-state index contributed by atoms with van der Waals surface area (Å²) in [6.07, 6.45) is -5.10. The van der Waals surface area contributed by atoms with Gasteiger partial charge >= 0.3 is 6.36 Å². The molecule has 0 spiro atoms. The average molecular weight is 240 g/mol. The predicted molar refractivity (Wildman–Crippen MR) is 43.0 cm³/mol. The maximum Gasteiger partial charge on any atom is 0.573 e. The maximum absolute atomic E-state index is 12.9. The summed E-state index contributed by atoms with van der Waals surface area (Å²) in [5, 5.41) is 0. The lowest BCUT2D eigenvalue weighted by atomic mass is 10.1. The zero-order valence-electron chi connectivity index (χ0n) is 7.86. The largest absolute Gasteiger partial charge is 0.573 e. The van der Waals surface area contributed by atoms with Crippen molar-refractivity contribution >= 4 is 5.78 Å². The van der Waals surface area contributed by atoms with E-state index in [4.69, 9.17) is 0 Å². The number of halogens is 5. The molecular weight excluding hydrogens is 235 g/mol. The van der Waals surface area contributed by atoms with Crippen molar-refractivity contribution < 1.29 is 31.5 Å². The summed E-state index contributed by atoms with van der Waals surface area (Å²) in [6, 6.07) is 0.540. The van der Waals surface area contributed by atoms with Crippen molar-refractivity contribution in [3.8, 4) is 5.75 Å². The Labute approximate surface area is 86.6 Å². The van der Waals surface area contributed by atoms with Gasteiger partial charge in [0.1, 0.15) is 5.82 Å². The molecule has 0 heterocycles. The van der Waals surface area contributed by atoms with Gasteiger partial charge in [-0.1, -0.05) is 0 Å². The number of alkyl halides is 3. The van der Waals surface area contributed by atoms with Crippen LogP contribution in [0, 0.1) is 11.6 Å². The molecule has 0 N–H and O–H groups in total. The Morgan fingerprint density at radius 3 is 2.19 bits per heavy atom. The van der Waals surface area contributed by atoms with Crippen LogP contribution in [0.15, 0.2) is 12.1 Å². The highest BCUT2D eigenvalue weighted by molar-refractivity contribution is 5.94. The molecule has 0 amide bonds. The van der Waals surface area contributed by atoms with Crippen LogP contribution in [0.2, 0.25) is 0 Å². The van der Waals surface area contributed by atoms with Gasteiger partial charge < -0.3 is 4.74 Å². The van der Waals surface area contributed by atoms with Gasteiger partial charge in [-0.2, -0.15) is 0 Å². The van der Waals surface area contributed by atoms with Crippen LogP contribution in [0.4, 0.5) is 22.0 Å². The third kappa shape index (κ3) is 2.91. The van der Waals surface area contributed by atoms with Crippen molar-refractivity contribution in [2.45, 2.75) is 13.3 Å². The highest BCUT2D eigenvalue weighted by atomic mass is 19.4. The second kappa shape index (κ2) is 4.07. The van der Waals surface area contributed by atoms with Gasteiger partial charge in [-0.05, 0) is 13.0 Å². The van der Waals surface area contributed by atoms with Crippen molar-refractivity contribution in [3.63, 3.8) is 0 Å². The van der Waals surface area contributed by atoms with Gasteiger partial charge in [-0.25, -0.2) is 8.78 Å². The molecule has 1 rings (SSSR count). The first kappa shape index (κ1) is 12.4. The molecule has 0 aliphatic rings. The van der Waals surface area contributed by atoms with E-state index in [2.05, 4.69) is 4.74 Å². The lowest BCUT2D eigenvalue weighted by Crippen LogP contribution is -2.18. The van der Waals surface area contributed by atoms with E-state index in [0.717, 1.165) is 6.92 Å². The summed E-state index contributed by atoms with van der Waals surface area (Å²) < 4.78 is 64.4. The smallest absolute Gasteiger partial charge is 0.403 e. The molecule has 0 saturated heterocycles. The molecule has 7 heteroatoms. The predicted octanol–water partition coefficient (Wildman–Crippen LogP) is 3.07. The lowest BCUT2D eigenvalue weighted by Gasteiger charge is -2.10. The molecule has 16 heavy (non-hydrogen) atoms. The van der Waals surface area contributed by atoms with Crippen LogP contribution in [0.3, 0.4) is 0 Å². The van der Waals surface area contributed by atoms with Crippen LogP contribution >= 0.6 is 0 Å². The highest BCUT2D eigenvalue weighted by Gasteiger charge is 2.33. The summed E-state index contributed by atoms with van der Waals surface area (Å²) in [6.45, 7) is 0.938. The average Bonchev–Trinajstić information content (AvgIpc) is 2.07. The van der Waals surface area contributed by atoms with Crippen molar-refractivity contribution in [1.29, 1.82) is 0 Å². The third-order valence-electron chi connectivity index (χ3n) is 1.63. The Morgan fingerprint density at radius 2 is 1.75 bits per heavy atom. The van der Waals surface area contributed by atoms with Gasteiger partial charge in [0, 0.05) is 6.07 Å². The molecule has 0 aliphatic heterocycles. The van der Waals surface area contributed by atoms with Gasteiger partial charge in [-0.3, -0.25) is 4.79 Å². The molecule has 0 radical (unpaired) electrons. The van der Waals surface area contributed by atoms with Crippen molar-refractivity contribution in [2.24, 2.45) is 0 Å². The molecule has 0 aromatic heterocycles. The van der Waals surface area contributed by atoms with Gasteiger partial charge in [0.25, 0.3) is 0 Å². The van der Waals surface area contributed by atoms with E-state index in [1.54, 1.807) is 0 Å². The number of benzene rings is 1. The summed E-state index contributed by atoms with van der Waals surface area (Å²) in [7, 11) is 0. The van der Waals surface area contributed by atoms with Crippen LogP contribution in [-0.2, 0) is 0 Å². The fourth-order valence-corrected chi connectivity index (χ4v) is 1.00. The Hall–Kier alpha value is -1.66. The molecule has 0 atom stereocenters. The molecule has 1 aromatic rings. The number of ketones is 1. The molecule has 0 fully saturated rings. The van der Waals surface area contributed by atoms with Gasteiger partial charge in [0.15, 0.2) is 17.3 Å². The summed E-state index contributed by atoms with van der Waals surface area (Å²) in [5.74, 6) is -4.83. The summed E-state index contributed by atoms with van der Waals surface area (Å²) in [4.78, 5) is 10.8. The number of carbonyl (C=O) groups excluding carboxylic acids is 1. The fourth-order valence-electron chi connectivity index (χ4n) is 1.00. The van der Waals surface area contributed by atoms with Gasteiger partial charge in [-0.15, -0.1) is 13.2 Å². The third-order valence-corrected chi connectivity index (χ3v) is 1.63. The van der Waals surface area contributed by atoms with E-state index in [9.17, 15) is 26.7 Å². The van der Waals surface area contributed by atoms with E-state index >= 15 is 0 Å². The topological polar surface area (TPSA) is 26.3 Å². The number of hydrogen-bond donors (Lipinski definition) is 0. The molecule has 88 valence electrons. The van der Waals surface area contributed by atoms with Crippen LogP contribution in [0.25, 0.3) is 0 Å². The second-order valence-electron chi connectivity index (χ2n) is 2.87. The van der Waals surface area contributed by atoms with Crippen LogP contribution < -0.4 is 4.74 Å². The van der Waals surface area contributed by atoms with Crippen molar-refractivity contribution in [3.05, 3.63) is 29.3 Å². The van der Waals surface area contributed by atoms with Crippen LogP contribution in [0.5, 0.6) is 5.75 Å². The first-order chi connectivity index (χ1) is 7.20. The normalized spacial score (nSPS) is 11.4. The highest BCUT2D eigenvalue weighted by Crippen LogP contribution is 2.27. The second-order valence-corrected chi connectivity index (χ2v) is 2.87. The van der Waals surface area contributed by atoms with Gasteiger partial charge in [0.2, 0.25) is 0 Å². The Bertz CT molecular complexity index is 425. The Balaban J connectivity index is 3.20. The quantitative estimate of drug-likeness (QED) is 0.586. The molecule has 0 saturated carbocycles. The fraction of sp³-hybridized carbons (Fsp3) is 0.222. The van der Waals surface area contributed by atoms with E-state index in [-0.39, 0.29) is 6.07 Å². The molecular formula is C9H5F5O2. The molecule has 2 nitrogen and oxygen atoms in total. The summed E-state index contributed by atoms with van der Waals surface area (Å²) >= 11 is 0. The van der Waals surface area contributed by atoms with E-state index in [1.165, 1.54) is 0 Å². The summed E-state index contributed by atoms with van der Waals surface area (Å²) in [5.41, 5.74) is -0.666. The molecule has 0 aliphatic carbocycles. The molecule has 0 bridgehead atoms. The number of ether oxygens (including phenoxy) is 1. The number of rotatable bonds is 2. The lowest BCUT2D eigenvalue weighted by molar-refractivity contribution is -0.275. The Kier molecular flexibility index (Phi) is 3.16. The molecule has 1 aromatic carbocycles. The van der Waals surface area contributed by atoms with E-state index in [1.807, 2.05) is 0 Å². The standard InChI is InChI=1S/C9H5F5O2/c1-4(15)5-2-8(16-9(12,13)14)7(11)3-6(5)10/h2-3H,1H3. The van der Waals surface area contributed by atoms with E-state index < -0.39 is 35.1 Å². The van der Waals surface area contributed by atoms with Crippen molar-refractivity contribution in [2.75, 3.05) is 0 Å². The first-order valence-corrected chi connectivity index (χ1v) is 3.96. The van der Waals surface area contributed by atoms with Gasteiger partial charge in [0.05, 0.1) is 5.56 Å². The number of carbonyl (C=O) groups is 1. The minimum absolute atomic E-state index is 0.164. The van der Waals surface area contributed by atoms with Crippen LogP contribution in [0.1, 0.15) is 17.3 Å². The Morgan fingerprint density at radius 1 is 1.19 bits per heavy atom. The SMILES string of the molecule is CC(=O)c1cc(OC(F)(F)F)c(F)cc1F. The molecule has 0 unspecified atom stereocenters. The van der Waals surface area contributed by atoms with E-state index in [0.29, 0.717) is 6.07 Å². The minimum Gasteiger partial charge on any atom is -0.403 e. The minimum atomic E-state index is -5.10. The maximum atomic E-state index is 12.9. The first-order valence-electron chi connectivity index (χ1n) is 3.96.